The van der Waals surface area contributed by atoms with Gasteiger partial charge in [0.2, 0.25) is 15.7 Å². The molecule has 2 N–H and O–H groups in total. The van der Waals surface area contributed by atoms with Gasteiger partial charge in [-0.3, -0.25) is 0 Å². The van der Waals surface area contributed by atoms with Crippen LogP contribution in [0.2, 0.25) is 10.0 Å². The highest BCUT2D eigenvalue weighted by Gasteiger charge is 2.16. The largest absolute Gasteiger partial charge is 0.413 e. The number of aryl methyl sites for hydroxylation is 1. The van der Waals surface area contributed by atoms with E-state index < -0.39 is 21.1 Å². The zero-order chi connectivity index (χ0) is 17.7. The summed E-state index contributed by atoms with van der Waals surface area (Å²) in [5.74, 6) is 0.196. The average Bonchev–Trinajstić information content (AvgIpc) is 2.96. The molecule has 1 aromatic heterocycles. The lowest BCUT2D eigenvalue weighted by Crippen LogP contribution is -2.29. The molecule has 130 valence electrons. The van der Waals surface area contributed by atoms with E-state index in [-0.39, 0.29) is 5.89 Å². The van der Waals surface area contributed by atoms with Gasteiger partial charge >= 0.3 is 11.3 Å². The van der Waals surface area contributed by atoms with Crippen LogP contribution in [0.25, 0.3) is 0 Å². The summed E-state index contributed by atoms with van der Waals surface area (Å²) in [5.41, 5.74) is 0.511. The van der Waals surface area contributed by atoms with E-state index in [1.165, 1.54) is 6.07 Å². The van der Waals surface area contributed by atoms with E-state index in [1.807, 2.05) is 0 Å². The Morgan fingerprint density at radius 1 is 1.25 bits per heavy atom. The van der Waals surface area contributed by atoms with Gasteiger partial charge in [0.15, 0.2) is 0 Å². The van der Waals surface area contributed by atoms with E-state index in [4.69, 9.17) is 27.6 Å². The maximum absolute atomic E-state index is 11.7. The Balaban J connectivity index is 1.74. The number of anilines is 1. The number of rotatable bonds is 6. The Morgan fingerprint density at radius 2 is 2.00 bits per heavy atom. The van der Waals surface area contributed by atoms with Gasteiger partial charge in [0.05, 0.1) is 10.0 Å². The Morgan fingerprint density at radius 3 is 2.62 bits per heavy atom. The van der Waals surface area contributed by atoms with Gasteiger partial charge in [-0.1, -0.05) is 28.3 Å². The third kappa shape index (κ3) is 5.36. The number of halogens is 2. The first-order chi connectivity index (χ1) is 11.3. The summed E-state index contributed by atoms with van der Waals surface area (Å²) in [6.45, 7) is 0.337. The van der Waals surface area contributed by atoms with Crippen LogP contribution in [0.15, 0.2) is 27.8 Å². The summed E-state index contributed by atoms with van der Waals surface area (Å²) in [6.07, 6.45) is 1.83. The van der Waals surface area contributed by atoms with E-state index in [0.29, 0.717) is 35.1 Å². The van der Waals surface area contributed by atoms with Gasteiger partial charge in [-0.2, -0.15) is 0 Å². The lowest BCUT2D eigenvalue weighted by atomic mass is 10.3. The monoisotopic (exact) mass is 392 g/mol. The topological polar surface area (TPSA) is 114 Å². The number of urea groups is 1. The van der Waals surface area contributed by atoms with Crippen molar-refractivity contribution in [3.63, 3.8) is 0 Å². The summed E-state index contributed by atoms with van der Waals surface area (Å²) >= 11 is 11.6. The van der Waals surface area contributed by atoms with Crippen LogP contribution in [0.4, 0.5) is 10.5 Å². The molecule has 2 rings (SSSR count). The quantitative estimate of drug-likeness (QED) is 0.729. The van der Waals surface area contributed by atoms with E-state index in [1.54, 1.807) is 12.1 Å². The molecular weight excluding hydrogens is 379 g/mol. The molecule has 0 aliphatic carbocycles. The number of nitrogens with one attached hydrogen (secondary N) is 2. The van der Waals surface area contributed by atoms with Gasteiger partial charge in [-0.15, -0.1) is 5.10 Å². The maximum atomic E-state index is 11.7. The second-order valence-corrected chi connectivity index (χ2v) is 7.56. The first kappa shape index (κ1) is 18.5. The first-order valence-corrected chi connectivity index (χ1v) is 9.43. The Labute approximate surface area is 148 Å². The lowest BCUT2D eigenvalue weighted by molar-refractivity contribution is 0.252. The smallest absolute Gasteiger partial charge is 0.335 e. The maximum Gasteiger partial charge on any atom is 0.335 e. The molecule has 0 radical (unpaired) electrons. The summed E-state index contributed by atoms with van der Waals surface area (Å²) in [5, 5.41) is 12.7. The molecule has 0 saturated carbocycles. The molecule has 1 aromatic carbocycles. The van der Waals surface area contributed by atoms with E-state index in [9.17, 15) is 13.2 Å². The third-order valence-electron chi connectivity index (χ3n) is 2.80. The minimum Gasteiger partial charge on any atom is -0.413 e. The molecule has 0 fully saturated rings. The second kappa shape index (κ2) is 7.82. The van der Waals surface area contributed by atoms with Crippen LogP contribution in [-0.4, -0.2) is 37.4 Å². The SMILES string of the molecule is CS(=O)(=O)c1nnc(CCCNC(=O)Nc2ccc(Cl)c(Cl)c2)o1. The van der Waals surface area contributed by atoms with Crippen molar-refractivity contribution in [2.24, 2.45) is 0 Å². The van der Waals surface area contributed by atoms with Gasteiger partial charge < -0.3 is 15.1 Å². The van der Waals surface area contributed by atoms with Crippen molar-refractivity contribution in [2.75, 3.05) is 18.1 Å². The van der Waals surface area contributed by atoms with E-state index >= 15 is 0 Å². The molecule has 0 bridgehead atoms. The number of carbonyl (C=O) groups is 1. The predicted molar refractivity (Wildman–Crippen MR) is 89.2 cm³/mol. The molecule has 0 spiro atoms. The standard InChI is InChI=1S/C13H14Cl2N4O4S/c1-24(21,22)13-19-18-11(23-13)3-2-6-16-12(20)17-8-4-5-9(14)10(15)7-8/h4-5,7H,2-3,6H2,1H3,(H2,16,17,20). The highest BCUT2D eigenvalue weighted by Crippen LogP contribution is 2.24. The van der Waals surface area contributed by atoms with Crippen molar-refractivity contribution in [1.82, 2.24) is 15.5 Å². The van der Waals surface area contributed by atoms with E-state index in [2.05, 4.69) is 20.8 Å². The van der Waals surface area contributed by atoms with Crippen molar-refractivity contribution in [3.8, 4) is 0 Å². The number of hydrogen-bond donors (Lipinski definition) is 2. The molecule has 11 heteroatoms. The number of carbonyl (C=O) groups excluding carboxylic acids is 1. The predicted octanol–water partition coefficient (Wildman–Crippen LogP) is 2.53. The minimum atomic E-state index is -3.51. The molecule has 24 heavy (non-hydrogen) atoms. The molecule has 2 amide bonds. The molecule has 0 aliphatic heterocycles. The summed E-state index contributed by atoms with van der Waals surface area (Å²) < 4.78 is 27.4. The second-order valence-electron chi connectivity index (χ2n) is 4.85. The number of nitrogens with zero attached hydrogens (tertiary/aromatic N) is 2. The number of amides is 2. The number of sulfone groups is 1. The molecule has 0 atom stereocenters. The summed E-state index contributed by atoms with van der Waals surface area (Å²) in [7, 11) is -3.51. The highest BCUT2D eigenvalue weighted by atomic mass is 35.5. The van der Waals surface area contributed by atoms with Gasteiger partial charge in [-0.25, -0.2) is 13.2 Å². The third-order valence-corrected chi connectivity index (χ3v) is 4.33. The van der Waals surface area contributed by atoms with Gasteiger partial charge in [-0.05, 0) is 24.6 Å². The molecule has 0 saturated heterocycles. The van der Waals surface area contributed by atoms with Crippen molar-refractivity contribution in [2.45, 2.75) is 18.1 Å². The van der Waals surface area contributed by atoms with Gasteiger partial charge in [0.25, 0.3) is 0 Å². The van der Waals surface area contributed by atoms with Crippen LogP contribution in [-0.2, 0) is 16.3 Å². The summed E-state index contributed by atoms with van der Waals surface area (Å²) in [4.78, 5) is 11.7. The van der Waals surface area contributed by atoms with Crippen molar-refractivity contribution >= 4 is 44.8 Å². The fourth-order valence-electron chi connectivity index (χ4n) is 1.68. The van der Waals surface area contributed by atoms with Gasteiger partial charge in [0.1, 0.15) is 0 Å². The minimum absolute atomic E-state index is 0.196. The average molecular weight is 393 g/mol. The molecule has 0 aliphatic rings. The van der Waals surface area contributed by atoms with Gasteiger partial charge in [0, 0.05) is 24.9 Å². The Hall–Kier alpha value is -1.84. The molecule has 0 unspecified atom stereocenters. The molecule has 8 nitrogen and oxygen atoms in total. The van der Waals surface area contributed by atoms with Crippen molar-refractivity contribution < 1.29 is 17.6 Å². The molecular formula is C13H14Cl2N4O4S. The fraction of sp³-hybridized carbons (Fsp3) is 0.308. The fourth-order valence-corrected chi connectivity index (χ4v) is 2.41. The van der Waals surface area contributed by atoms with Crippen LogP contribution in [0.3, 0.4) is 0 Å². The Bertz CT molecular complexity index is 838. The lowest BCUT2D eigenvalue weighted by Gasteiger charge is -2.07. The number of hydrogen-bond acceptors (Lipinski definition) is 6. The number of aromatic nitrogens is 2. The Kier molecular flexibility index (Phi) is 6.03. The van der Waals surface area contributed by atoms with Crippen molar-refractivity contribution in [3.05, 3.63) is 34.1 Å². The number of benzene rings is 1. The van der Waals surface area contributed by atoms with Crippen LogP contribution >= 0.6 is 23.2 Å². The zero-order valence-electron chi connectivity index (χ0n) is 12.5. The van der Waals surface area contributed by atoms with Crippen LogP contribution in [0.1, 0.15) is 12.3 Å². The van der Waals surface area contributed by atoms with Crippen LogP contribution in [0, 0.1) is 0 Å². The molecule has 1 heterocycles. The van der Waals surface area contributed by atoms with Crippen LogP contribution < -0.4 is 10.6 Å². The van der Waals surface area contributed by atoms with Crippen LogP contribution in [0.5, 0.6) is 0 Å². The van der Waals surface area contributed by atoms with Crippen molar-refractivity contribution in [1.29, 1.82) is 0 Å². The normalized spacial score (nSPS) is 11.3. The highest BCUT2D eigenvalue weighted by molar-refractivity contribution is 7.90. The summed E-state index contributed by atoms with van der Waals surface area (Å²) in [6, 6.07) is 4.33. The molecule has 2 aromatic rings. The van der Waals surface area contributed by atoms with E-state index in [0.717, 1.165) is 6.26 Å². The zero-order valence-corrected chi connectivity index (χ0v) is 14.9. The first-order valence-electron chi connectivity index (χ1n) is 6.78.